The van der Waals surface area contributed by atoms with E-state index < -0.39 is 0 Å². The number of methoxy groups -OCH3 is 2. The number of nitrogens with one attached hydrogen (secondary N) is 1. The summed E-state index contributed by atoms with van der Waals surface area (Å²) in [6, 6.07) is 9.32. The summed E-state index contributed by atoms with van der Waals surface area (Å²) in [5, 5.41) is 2.87. The molecule has 2 heterocycles. The van der Waals surface area contributed by atoms with Crippen molar-refractivity contribution in [1.82, 2.24) is 14.7 Å². The lowest BCUT2D eigenvalue weighted by Crippen LogP contribution is -2.23. The van der Waals surface area contributed by atoms with Crippen LogP contribution in [0.3, 0.4) is 0 Å². The summed E-state index contributed by atoms with van der Waals surface area (Å²) < 4.78 is 12.4. The summed E-state index contributed by atoms with van der Waals surface area (Å²) >= 11 is 0. The van der Waals surface area contributed by atoms with Crippen LogP contribution in [-0.4, -0.2) is 29.5 Å². The monoisotopic (exact) mass is 325 g/mol. The third kappa shape index (κ3) is 3.17. The molecule has 1 N–H and O–H groups in total. The first kappa shape index (κ1) is 15.9. The fourth-order valence-corrected chi connectivity index (χ4v) is 2.50. The zero-order chi connectivity index (χ0) is 17.1. The second-order valence-corrected chi connectivity index (χ2v) is 5.46. The van der Waals surface area contributed by atoms with Crippen LogP contribution in [0.2, 0.25) is 0 Å². The average molecular weight is 325 g/mol. The molecule has 0 bridgehead atoms. The van der Waals surface area contributed by atoms with Crippen LogP contribution in [0.25, 0.3) is 5.65 Å². The normalized spacial score (nSPS) is 10.6. The number of benzene rings is 1. The molecule has 0 saturated carbocycles. The molecule has 0 spiro atoms. The van der Waals surface area contributed by atoms with Crippen molar-refractivity contribution < 1.29 is 14.3 Å². The SMILES string of the molecule is COc1ccc(OC)c(CNC(=O)c2cn3cc(C)ccc3n2)c1. The van der Waals surface area contributed by atoms with Gasteiger partial charge in [0.15, 0.2) is 0 Å². The Morgan fingerprint density at radius 2 is 2.00 bits per heavy atom. The number of aromatic nitrogens is 2. The quantitative estimate of drug-likeness (QED) is 0.783. The fraction of sp³-hybridized carbons (Fsp3) is 0.222. The Morgan fingerprint density at radius 3 is 2.75 bits per heavy atom. The maximum atomic E-state index is 12.4. The van der Waals surface area contributed by atoms with Gasteiger partial charge in [-0.15, -0.1) is 0 Å². The number of aryl methyl sites for hydroxylation is 1. The van der Waals surface area contributed by atoms with Gasteiger partial charge in [-0.2, -0.15) is 0 Å². The predicted molar refractivity (Wildman–Crippen MR) is 90.6 cm³/mol. The first-order valence-electron chi connectivity index (χ1n) is 7.55. The number of ether oxygens (including phenoxy) is 2. The van der Waals surface area contributed by atoms with Crippen molar-refractivity contribution in [1.29, 1.82) is 0 Å². The maximum Gasteiger partial charge on any atom is 0.271 e. The van der Waals surface area contributed by atoms with Gasteiger partial charge in [-0.3, -0.25) is 4.79 Å². The van der Waals surface area contributed by atoms with Crippen molar-refractivity contribution in [2.75, 3.05) is 14.2 Å². The van der Waals surface area contributed by atoms with E-state index in [4.69, 9.17) is 9.47 Å². The summed E-state index contributed by atoms with van der Waals surface area (Å²) in [5.41, 5.74) is 3.06. The summed E-state index contributed by atoms with van der Waals surface area (Å²) in [4.78, 5) is 16.7. The van der Waals surface area contributed by atoms with Gasteiger partial charge in [0.25, 0.3) is 5.91 Å². The Hall–Kier alpha value is -3.02. The Kier molecular flexibility index (Phi) is 4.37. The number of hydrogen-bond acceptors (Lipinski definition) is 4. The van der Waals surface area contributed by atoms with Crippen molar-refractivity contribution >= 4 is 11.6 Å². The highest BCUT2D eigenvalue weighted by Crippen LogP contribution is 2.23. The minimum atomic E-state index is -0.235. The highest BCUT2D eigenvalue weighted by molar-refractivity contribution is 5.92. The third-order valence-corrected chi connectivity index (χ3v) is 3.76. The molecule has 0 atom stereocenters. The lowest BCUT2D eigenvalue weighted by molar-refractivity contribution is 0.0946. The number of fused-ring (bicyclic) bond motifs is 1. The largest absolute Gasteiger partial charge is 0.497 e. The number of pyridine rings is 1. The maximum absolute atomic E-state index is 12.4. The van der Waals surface area contributed by atoms with Crippen molar-refractivity contribution in [3.05, 3.63) is 59.5 Å². The Morgan fingerprint density at radius 1 is 1.17 bits per heavy atom. The lowest BCUT2D eigenvalue weighted by atomic mass is 10.2. The van der Waals surface area contributed by atoms with Gasteiger partial charge in [-0.1, -0.05) is 6.07 Å². The molecular formula is C18H19N3O3. The molecule has 0 unspecified atom stereocenters. The summed E-state index contributed by atoms with van der Waals surface area (Å²) in [6.07, 6.45) is 3.66. The van der Waals surface area contributed by atoms with Gasteiger partial charge in [-0.05, 0) is 36.8 Å². The molecule has 0 fully saturated rings. The Bertz CT molecular complexity index is 886. The minimum absolute atomic E-state index is 0.235. The van der Waals surface area contributed by atoms with Gasteiger partial charge in [0.05, 0.1) is 14.2 Å². The molecule has 6 heteroatoms. The number of carbonyl (C=O) groups is 1. The van der Waals surface area contributed by atoms with Gasteiger partial charge >= 0.3 is 0 Å². The molecule has 0 saturated heterocycles. The number of imidazole rings is 1. The number of rotatable bonds is 5. The van der Waals surface area contributed by atoms with E-state index in [1.165, 1.54) is 0 Å². The van der Waals surface area contributed by atoms with Crippen LogP contribution in [0.1, 0.15) is 21.6 Å². The highest BCUT2D eigenvalue weighted by atomic mass is 16.5. The second-order valence-electron chi connectivity index (χ2n) is 5.46. The molecule has 3 aromatic rings. The molecule has 0 radical (unpaired) electrons. The van der Waals surface area contributed by atoms with Crippen LogP contribution in [0, 0.1) is 6.92 Å². The average Bonchev–Trinajstić information content (AvgIpc) is 3.02. The molecule has 1 amide bonds. The molecule has 0 aliphatic rings. The second kappa shape index (κ2) is 6.62. The van der Waals surface area contributed by atoms with E-state index in [0.717, 1.165) is 16.8 Å². The van der Waals surface area contributed by atoms with Crippen LogP contribution >= 0.6 is 0 Å². The summed E-state index contributed by atoms with van der Waals surface area (Å²) in [5.74, 6) is 1.17. The van der Waals surface area contributed by atoms with Crippen LogP contribution < -0.4 is 14.8 Å². The van der Waals surface area contributed by atoms with Gasteiger partial charge in [0.2, 0.25) is 0 Å². The third-order valence-electron chi connectivity index (χ3n) is 3.76. The molecular weight excluding hydrogens is 306 g/mol. The van der Waals surface area contributed by atoms with Crippen molar-refractivity contribution in [3.63, 3.8) is 0 Å². The summed E-state index contributed by atoms with van der Waals surface area (Å²) in [7, 11) is 3.19. The lowest BCUT2D eigenvalue weighted by Gasteiger charge is -2.10. The van der Waals surface area contributed by atoms with Crippen molar-refractivity contribution in [2.24, 2.45) is 0 Å². The van der Waals surface area contributed by atoms with Crippen LogP contribution in [0.5, 0.6) is 11.5 Å². The number of nitrogens with zero attached hydrogens (tertiary/aromatic N) is 2. The van der Waals surface area contributed by atoms with Crippen LogP contribution in [0.15, 0.2) is 42.7 Å². The van der Waals surface area contributed by atoms with Crippen LogP contribution in [0.4, 0.5) is 0 Å². The fourth-order valence-electron chi connectivity index (χ4n) is 2.50. The first-order valence-corrected chi connectivity index (χ1v) is 7.55. The topological polar surface area (TPSA) is 64.9 Å². The van der Waals surface area contributed by atoms with E-state index in [1.807, 2.05) is 47.9 Å². The van der Waals surface area contributed by atoms with E-state index >= 15 is 0 Å². The van der Waals surface area contributed by atoms with Crippen molar-refractivity contribution in [3.8, 4) is 11.5 Å². The summed E-state index contributed by atoms with van der Waals surface area (Å²) in [6.45, 7) is 2.32. The molecule has 124 valence electrons. The highest BCUT2D eigenvalue weighted by Gasteiger charge is 2.12. The number of carbonyl (C=O) groups excluding carboxylic acids is 1. The first-order chi connectivity index (χ1) is 11.6. The molecule has 6 nitrogen and oxygen atoms in total. The zero-order valence-electron chi connectivity index (χ0n) is 13.9. The van der Waals surface area contributed by atoms with E-state index in [9.17, 15) is 4.79 Å². The molecule has 0 aliphatic heterocycles. The van der Waals surface area contributed by atoms with Gasteiger partial charge < -0.3 is 19.2 Å². The van der Waals surface area contributed by atoms with E-state index in [-0.39, 0.29) is 5.91 Å². The smallest absolute Gasteiger partial charge is 0.271 e. The van der Waals surface area contributed by atoms with E-state index in [1.54, 1.807) is 20.4 Å². The van der Waals surface area contributed by atoms with E-state index in [0.29, 0.717) is 23.7 Å². The predicted octanol–water partition coefficient (Wildman–Crippen LogP) is 2.59. The van der Waals surface area contributed by atoms with Gasteiger partial charge in [0.1, 0.15) is 22.8 Å². The van der Waals surface area contributed by atoms with Crippen LogP contribution in [-0.2, 0) is 6.54 Å². The molecule has 3 rings (SSSR count). The number of hydrogen-bond donors (Lipinski definition) is 1. The number of amides is 1. The standard InChI is InChI=1S/C18H19N3O3/c1-12-4-7-17-20-15(11-21(17)10-12)18(22)19-9-13-8-14(23-2)5-6-16(13)24-3/h4-8,10-11H,9H2,1-3H3,(H,19,22). The molecule has 0 aliphatic carbocycles. The van der Waals surface area contributed by atoms with E-state index in [2.05, 4.69) is 10.3 Å². The molecule has 24 heavy (non-hydrogen) atoms. The van der Waals surface area contributed by atoms with Gasteiger partial charge in [0, 0.05) is 24.5 Å². The Balaban J connectivity index is 1.77. The minimum Gasteiger partial charge on any atom is -0.497 e. The van der Waals surface area contributed by atoms with Crippen molar-refractivity contribution in [2.45, 2.75) is 13.5 Å². The van der Waals surface area contributed by atoms with Gasteiger partial charge in [-0.25, -0.2) is 4.98 Å². The Labute approximate surface area is 140 Å². The zero-order valence-corrected chi connectivity index (χ0v) is 13.9. The molecule has 1 aromatic carbocycles. The molecule has 2 aromatic heterocycles.